The Morgan fingerprint density at radius 1 is 1.57 bits per heavy atom. The standard InChI is InChI=1S/C10H17N3O/c1-8-4-3-6-13-10(8)11-9(12-13)5-7-14-2/h8H,3-7H2,1-2H3. The van der Waals surface area contributed by atoms with E-state index in [0.29, 0.717) is 12.5 Å². The van der Waals surface area contributed by atoms with Crippen LogP contribution < -0.4 is 0 Å². The first-order valence-corrected chi connectivity index (χ1v) is 5.24. The van der Waals surface area contributed by atoms with Gasteiger partial charge in [-0.1, -0.05) is 6.92 Å². The van der Waals surface area contributed by atoms with Crippen LogP contribution in [0.2, 0.25) is 0 Å². The normalized spacial score (nSPS) is 20.9. The molecule has 2 rings (SSSR count). The molecule has 4 nitrogen and oxygen atoms in total. The molecule has 0 fully saturated rings. The Hall–Kier alpha value is -0.900. The fraction of sp³-hybridized carbons (Fsp3) is 0.800. The van der Waals surface area contributed by atoms with E-state index in [1.165, 1.54) is 12.8 Å². The summed E-state index contributed by atoms with van der Waals surface area (Å²) in [4.78, 5) is 4.54. The van der Waals surface area contributed by atoms with Gasteiger partial charge in [0.05, 0.1) is 6.61 Å². The van der Waals surface area contributed by atoms with Gasteiger partial charge in [-0.25, -0.2) is 9.67 Å². The van der Waals surface area contributed by atoms with Crippen molar-refractivity contribution in [1.82, 2.24) is 14.8 Å². The van der Waals surface area contributed by atoms with Gasteiger partial charge >= 0.3 is 0 Å². The second kappa shape index (κ2) is 4.09. The van der Waals surface area contributed by atoms with Crippen LogP contribution >= 0.6 is 0 Å². The van der Waals surface area contributed by atoms with E-state index in [4.69, 9.17) is 4.74 Å². The van der Waals surface area contributed by atoms with Crippen LogP contribution in [-0.2, 0) is 17.7 Å². The topological polar surface area (TPSA) is 39.9 Å². The molecule has 1 unspecified atom stereocenters. The summed E-state index contributed by atoms with van der Waals surface area (Å²) in [5.41, 5.74) is 0. The van der Waals surface area contributed by atoms with E-state index in [0.717, 1.165) is 24.6 Å². The molecule has 2 heterocycles. The van der Waals surface area contributed by atoms with E-state index in [2.05, 4.69) is 21.7 Å². The summed E-state index contributed by atoms with van der Waals surface area (Å²) in [6, 6.07) is 0. The van der Waals surface area contributed by atoms with Crippen molar-refractivity contribution in [2.75, 3.05) is 13.7 Å². The van der Waals surface area contributed by atoms with E-state index >= 15 is 0 Å². The van der Waals surface area contributed by atoms with Gasteiger partial charge in [0.1, 0.15) is 5.82 Å². The van der Waals surface area contributed by atoms with Crippen LogP contribution in [0, 0.1) is 0 Å². The highest BCUT2D eigenvalue weighted by molar-refractivity contribution is 5.01. The van der Waals surface area contributed by atoms with Crippen molar-refractivity contribution in [2.45, 2.75) is 38.6 Å². The van der Waals surface area contributed by atoms with Crippen molar-refractivity contribution in [1.29, 1.82) is 0 Å². The lowest BCUT2D eigenvalue weighted by Crippen LogP contribution is -2.14. The smallest absolute Gasteiger partial charge is 0.153 e. The molecule has 0 radical (unpaired) electrons. The van der Waals surface area contributed by atoms with Crippen molar-refractivity contribution in [2.24, 2.45) is 0 Å². The molecular weight excluding hydrogens is 178 g/mol. The lowest BCUT2D eigenvalue weighted by atomic mass is 10.0. The van der Waals surface area contributed by atoms with Crippen LogP contribution in [0.3, 0.4) is 0 Å². The zero-order valence-electron chi connectivity index (χ0n) is 8.86. The van der Waals surface area contributed by atoms with Gasteiger partial charge in [-0.3, -0.25) is 0 Å². The van der Waals surface area contributed by atoms with Crippen molar-refractivity contribution < 1.29 is 4.74 Å². The summed E-state index contributed by atoms with van der Waals surface area (Å²) in [7, 11) is 1.71. The summed E-state index contributed by atoms with van der Waals surface area (Å²) in [6.07, 6.45) is 3.28. The Labute approximate surface area is 84.3 Å². The number of hydrogen-bond acceptors (Lipinski definition) is 3. The maximum Gasteiger partial charge on any atom is 0.153 e. The van der Waals surface area contributed by atoms with Crippen molar-refractivity contribution in [3.63, 3.8) is 0 Å². The van der Waals surface area contributed by atoms with E-state index < -0.39 is 0 Å². The zero-order valence-corrected chi connectivity index (χ0v) is 8.86. The number of fused-ring (bicyclic) bond motifs is 1. The van der Waals surface area contributed by atoms with Crippen LogP contribution in [0.15, 0.2) is 0 Å². The minimum absolute atomic E-state index is 0.563. The highest BCUT2D eigenvalue weighted by Gasteiger charge is 2.19. The van der Waals surface area contributed by atoms with Crippen LogP contribution in [0.4, 0.5) is 0 Å². The first kappa shape index (κ1) is 9.65. The molecule has 0 aromatic carbocycles. The highest BCUT2D eigenvalue weighted by atomic mass is 16.5. The van der Waals surface area contributed by atoms with Gasteiger partial charge in [0, 0.05) is 26.0 Å². The molecule has 1 aromatic rings. The summed E-state index contributed by atoms with van der Waals surface area (Å²) >= 11 is 0. The Bertz CT molecular complexity index is 308. The predicted octanol–water partition coefficient (Wildman–Crippen LogP) is 1.36. The number of methoxy groups -OCH3 is 1. The van der Waals surface area contributed by atoms with E-state index in [9.17, 15) is 0 Å². The molecule has 1 aromatic heterocycles. The molecule has 0 spiro atoms. The number of hydrogen-bond donors (Lipinski definition) is 0. The molecular formula is C10H17N3O. The average molecular weight is 195 g/mol. The maximum absolute atomic E-state index is 5.02. The maximum atomic E-state index is 5.02. The molecule has 0 bridgehead atoms. The van der Waals surface area contributed by atoms with Gasteiger partial charge < -0.3 is 4.74 Å². The van der Waals surface area contributed by atoms with Crippen LogP contribution in [0.5, 0.6) is 0 Å². The molecule has 1 aliphatic heterocycles. The number of rotatable bonds is 3. The monoisotopic (exact) mass is 195 g/mol. The SMILES string of the molecule is COCCc1nc2n(n1)CCCC2C. The highest BCUT2D eigenvalue weighted by Crippen LogP contribution is 2.24. The van der Waals surface area contributed by atoms with Gasteiger partial charge in [-0.05, 0) is 12.8 Å². The van der Waals surface area contributed by atoms with E-state index in [-0.39, 0.29) is 0 Å². The largest absolute Gasteiger partial charge is 0.384 e. The fourth-order valence-corrected chi connectivity index (χ4v) is 1.91. The number of ether oxygens (including phenoxy) is 1. The second-order valence-corrected chi connectivity index (χ2v) is 3.90. The molecule has 78 valence electrons. The van der Waals surface area contributed by atoms with E-state index in [1.807, 2.05) is 0 Å². The molecule has 0 aliphatic carbocycles. The minimum Gasteiger partial charge on any atom is -0.384 e. The summed E-state index contributed by atoms with van der Waals surface area (Å²) < 4.78 is 7.07. The van der Waals surface area contributed by atoms with Gasteiger partial charge in [-0.15, -0.1) is 0 Å². The lowest BCUT2D eigenvalue weighted by molar-refractivity contribution is 0.200. The number of aryl methyl sites for hydroxylation is 1. The van der Waals surface area contributed by atoms with Gasteiger partial charge in [0.2, 0.25) is 0 Å². The number of aromatic nitrogens is 3. The minimum atomic E-state index is 0.563. The average Bonchev–Trinajstić information content (AvgIpc) is 2.59. The molecule has 1 atom stereocenters. The molecule has 0 amide bonds. The molecule has 4 heteroatoms. The molecule has 0 saturated heterocycles. The third-order valence-electron chi connectivity index (χ3n) is 2.72. The lowest BCUT2D eigenvalue weighted by Gasteiger charge is -2.17. The van der Waals surface area contributed by atoms with Gasteiger partial charge in [0.25, 0.3) is 0 Å². The van der Waals surface area contributed by atoms with E-state index in [1.54, 1.807) is 7.11 Å². The third-order valence-corrected chi connectivity index (χ3v) is 2.72. The van der Waals surface area contributed by atoms with Crippen LogP contribution in [0.1, 0.15) is 37.3 Å². The molecule has 0 saturated carbocycles. The Morgan fingerprint density at radius 2 is 2.43 bits per heavy atom. The fourth-order valence-electron chi connectivity index (χ4n) is 1.91. The van der Waals surface area contributed by atoms with Gasteiger partial charge in [-0.2, -0.15) is 5.10 Å². The van der Waals surface area contributed by atoms with Crippen molar-refractivity contribution >= 4 is 0 Å². The number of nitrogens with zero attached hydrogens (tertiary/aromatic N) is 3. The second-order valence-electron chi connectivity index (χ2n) is 3.90. The molecule has 1 aliphatic rings. The Kier molecular flexibility index (Phi) is 2.82. The summed E-state index contributed by atoms with van der Waals surface area (Å²) in [6.45, 7) is 3.96. The quantitative estimate of drug-likeness (QED) is 0.731. The molecule has 0 N–H and O–H groups in total. The summed E-state index contributed by atoms with van der Waals surface area (Å²) in [5.74, 6) is 2.64. The van der Waals surface area contributed by atoms with Crippen molar-refractivity contribution in [3.05, 3.63) is 11.6 Å². The predicted molar refractivity (Wildman–Crippen MR) is 53.3 cm³/mol. The first-order chi connectivity index (χ1) is 6.81. The Balaban J connectivity index is 2.13. The summed E-state index contributed by atoms with van der Waals surface area (Å²) in [5, 5.41) is 4.46. The van der Waals surface area contributed by atoms with Crippen molar-refractivity contribution in [3.8, 4) is 0 Å². The molecule has 14 heavy (non-hydrogen) atoms. The third kappa shape index (κ3) is 1.80. The van der Waals surface area contributed by atoms with Gasteiger partial charge in [0.15, 0.2) is 5.82 Å². The zero-order chi connectivity index (χ0) is 9.97. The van der Waals surface area contributed by atoms with Crippen LogP contribution in [-0.4, -0.2) is 28.5 Å². The van der Waals surface area contributed by atoms with Crippen LogP contribution in [0.25, 0.3) is 0 Å². The first-order valence-electron chi connectivity index (χ1n) is 5.24. The Morgan fingerprint density at radius 3 is 3.14 bits per heavy atom.